The van der Waals surface area contributed by atoms with Gasteiger partial charge < -0.3 is 9.15 Å². The SMILES string of the molecule is COc1ccc(C2=NN(C(=O)CN3C(=O)c4ccc([N+](=O)[O-])cc4C3=O)[C@H](c3ccco3)C2)cc1. The van der Waals surface area contributed by atoms with E-state index in [9.17, 15) is 24.5 Å². The van der Waals surface area contributed by atoms with E-state index < -0.39 is 35.2 Å². The molecule has 3 aromatic rings. The van der Waals surface area contributed by atoms with Gasteiger partial charge in [-0.2, -0.15) is 5.10 Å². The smallest absolute Gasteiger partial charge is 0.270 e. The minimum absolute atomic E-state index is 0.0137. The lowest BCUT2D eigenvalue weighted by molar-refractivity contribution is -0.384. The Bertz CT molecular complexity index is 1380. The minimum atomic E-state index is -0.768. The lowest BCUT2D eigenvalue weighted by atomic mass is 10.0. The van der Waals surface area contributed by atoms with Gasteiger partial charge in [-0.1, -0.05) is 0 Å². The summed E-state index contributed by atoms with van der Waals surface area (Å²) in [5, 5.41) is 16.8. The number of benzene rings is 2. The van der Waals surface area contributed by atoms with Gasteiger partial charge in [0.2, 0.25) is 0 Å². The molecule has 0 bridgehead atoms. The van der Waals surface area contributed by atoms with E-state index in [2.05, 4.69) is 5.10 Å². The molecule has 0 unspecified atom stereocenters. The third kappa shape index (κ3) is 3.82. The first-order valence-electron chi connectivity index (χ1n) is 10.6. The molecule has 2 aliphatic heterocycles. The molecule has 0 fully saturated rings. The van der Waals surface area contributed by atoms with Gasteiger partial charge in [-0.15, -0.1) is 0 Å². The molecule has 176 valence electrons. The lowest BCUT2D eigenvalue weighted by Gasteiger charge is -2.22. The number of nitro benzene ring substituents is 1. The number of carbonyl (C=O) groups excluding carboxylic acids is 3. The van der Waals surface area contributed by atoms with Crippen molar-refractivity contribution >= 4 is 29.1 Å². The predicted octanol–water partition coefficient (Wildman–Crippen LogP) is 3.17. The minimum Gasteiger partial charge on any atom is -0.497 e. The molecular formula is C24H18N4O7. The fourth-order valence-electron chi connectivity index (χ4n) is 4.14. The van der Waals surface area contributed by atoms with Crippen molar-refractivity contribution in [3.63, 3.8) is 0 Å². The number of nitrogens with zero attached hydrogens (tertiary/aromatic N) is 4. The summed E-state index contributed by atoms with van der Waals surface area (Å²) in [5.74, 6) is -0.882. The van der Waals surface area contributed by atoms with Crippen molar-refractivity contribution in [1.82, 2.24) is 9.91 Å². The van der Waals surface area contributed by atoms with E-state index in [1.165, 1.54) is 17.3 Å². The summed E-state index contributed by atoms with van der Waals surface area (Å²) >= 11 is 0. The van der Waals surface area contributed by atoms with Crippen LogP contribution in [0.2, 0.25) is 0 Å². The number of fused-ring (bicyclic) bond motifs is 1. The van der Waals surface area contributed by atoms with Crippen molar-refractivity contribution in [1.29, 1.82) is 0 Å². The van der Waals surface area contributed by atoms with Crippen molar-refractivity contribution in [3.05, 3.63) is 93.4 Å². The van der Waals surface area contributed by atoms with Gasteiger partial charge in [0.05, 0.1) is 35.1 Å². The number of hydrogen-bond donors (Lipinski definition) is 0. The molecule has 0 saturated heterocycles. The average Bonchev–Trinajstić information content (AvgIpc) is 3.60. The third-order valence-corrected chi connectivity index (χ3v) is 5.92. The van der Waals surface area contributed by atoms with Crippen LogP contribution >= 0.6 is 0 Å². The molecular weight excluding hydrogens is 456 g/mol. The first-order chi connectivity index (χ1) is 16.9. The van der Waals surface area contributed by atoms with Gasteiger partial charge in [0.25, 0.3) is 23.4 Å². The number of furan rings is 1. The van der Waals surface area contributed by atoms with Gasteiger partial charge in [-0.3, -0.25) is 29.4 Å². The monoisotopic (exact) mass is 474 g/mol. The predicted molar refractivity (Wildman–Crippen MR) is 121 cm³/mol. The van der Waals surface area contributed by atoms with Crippen LogP contribution in [0.15, 0.2) is 70.4 Å². The number of nitro groups is 1. The number of hydrogen-bond acceptors (Lipinski definition) is 8. The third-order valence-electron chi connectivity index (χ3n) is 5.92. The number of amides is 3. The zero-order valence-electron chi connectivity index (χ0n) is 18.4. The normalized spacial score (nSPS) is 16.9. The number of hydrazone groups is 1. The second-order valence-electron chi connectivity index (χ2n) is 7.93. The molecule has 0 aliphatic carbocycles. The summed E-state index contributed by atoms with van der Waals surface area (Å²) in [6.45, 7) is -0.573. The molecule has 3 amide bonds. The molecule has 0 N–H and O–H groups in total. The summed E-state index contributed by atoms with van der Waals surface area (Å²) < 4.78 is 10.7. The Balaban J connectivity index is 1.42. The van der Waals surface area contributed by atoms with Crippen LogP contribution in [0, 0.1) is 10.1 Å². The Hall–Kier alpha value is -4.80. The van der Waals surface area contributed by atoms with E-state index in [1.807, 2.05) is 12.1 Å². The van der Waals surface area contributed by atoms with Gasteiger partial charge in [-0.25, -0.2) is 5.01 Å². The number of ether oxygens (including phenoxy) is 1. The van der Waals surface area contributed by atoms with E-state index in [4.69, 9.17) is 9.15 Å². The van der Waals surface area contributed by atoms with E-state index in [0.29, 0.717) is 23.6 Å². The van der Waals surface area contributed by atoms with Crippen LogP contribution < -0.4 is 4.74 Å². The maximum atomic E-state index is 13.3. The molecule has 11 nitrogen and oxygen atoms in total. The van der Waals surface area contributed by atoms with Crippen LogP contribution in [0.1, 0.15) is 44.5 Å². The maximum absolute atomic E-state index is 13.3. The van der Waals surface area contributed by atoms with Crippen molar-refractivity contribution < 1.29 is 28.5 Å². The Kier molecular flexibility index (Phi) is 5.36. The van der Waals surface area contributed by atoms with Crippen molar-refractivity contribution in [3.8, 4) is 5.75 Å². The molecule has 2 aliphatic rings. The lowest BCUT2D eigenvalue weighted by Crippen LogP contribution is -2.41. The van der Waals surface area contributed by atoms with Gasteiger partial charge >= 0.3 is 0 Å². The van der Waals surface area contributed by atoms with Crippen LogP contribution in [-0.4, -0.2) is 51.9 Å². The van der Waals surface area contributed by atoms with Crippen LogP contribution in [0.3, 0.4) is 0 Å². The molecule has 0 saturated carbocycles. The fraction of sp³-hybridized carbons (Fsp3) is 0.167. The van der Waals surface area contributed by atoms with Crippen LogP contribution in [0.4, 0.5) is 5.69 Å². The molecule has 0 radical (unpaired) electrons. The number of imide groups is 1. The molecule has 0 spiro atoms. The van der Waals surface area contributed by atoms with Gasteiger partial charge in [0, 0.05) is 18.6 Å². The molecule has 2 aromatic carbocycles. The number of methoxy groups -OCH3 is 1. The summed E-state index contributed by atoms with van der Waals surface area (Å²) in [4.78, 5) is 50.1. The first kappa shape index (κ1) is 22.0. The Morgan fingerprint density at radius 3 is 2.54 bits per heavy atom. The largest absolute Gasteiger partial charge is 0.497 e. The van der Waals surface area contributed by atoms with Gasteiger partial charge in [0.1, 0.15) is 24.1 Å². The Morgan fingerprint density at radius 2 is 1.89 bits per heavy atom. The highest BCUT2D eigenvalue weighted by atomic mass is 16.6. The second-order valence-corrected chi connectivity index (χ2v) is 7.93. The number of non-ortho nitro benzene ring substituents is 1. The molecule has 5 rings (SSSR count). The molecule has 3 heterocycles. The number of carbonyl (C=O) groups is 3. The quantitative estimate of drug-likeness (QED) is 0.304. The zero-order chi connectivity index (χ0) is 24.7. The summed E-state index contributed by atoms with van der Waals surface area (Å²) in [6, 6.07) is 13.5. The van der Waals surface area contributed by atoms with Crippen LogP contribution in [0.5, 0.6) is 5.75 Å². The summed E-state index contributed by atoms with van der Waals surface area (Å²) in [5.41, 5.74) is 0.999. The van der Waals surface area contributed by atoms with Gasteiger partial charge in [-0.05, 0) is 48.0 Å². The summed E-state index contributed by atoms with van der Waals surface area (Å²) in [6.07, 6.45) is 1.85. The van der Waals surface area contributed by atoms with Crippen molar-refractivity contribution in [2.24, 2.45) is 5.10 Å². The van der Waals surface area contributed by atoms with Crippen LogP contribution in [0.25, 0.3) is 0 Å². The highest BCUT2D eigenvalue weighted by molar-refractivity contribution is 6.22. The fourth-order valence-corrected chi connectivity index (χ4v) is 4.14. The van der Waals surface area contributed by atoms with E-state index in [1.54, 1.807) is 31.4 Å². The van der Waals surface area contributed by atoms with E-state index in [-0.39, 0.29) is 16.8 Å². The Labute approximate surface area is 198 Å². The number of rotatable bonds is 6. The highest BCUT2D eigenvalue weighted by Gasteiger charge is 2.41. The highest BCUT2D eigenvalue weighted by Crippen LogP contribution is 2.34. The zero-order valence-corrected chi connectivity index (χ0v) is 18.4. The summed E-state index contributed by atoms with van der Waals surface area (Å²) in [7, 11) is 1.56. The van der Waals surface area contributed by atoms with E-state index >= 15 is 0 Å². The Morgan fingerprint density at radius 1 is 1.14 bits per heavy atom. The van der Waals surface area contributed by atoms with Crippen LogP contribution in [-0.2, 0) is 4.79 Å². The molecule has 35 heavy (non-hydrogen) atoms. The second kappa shape index (κ2) is 8.52. The standard InChI is InChI=1S/C24H18N4O7/c1-34-16-7-4-14(5-8-16)19-12-20(21-3-2-10-35-21)27(25-19)22(29)13-26-23(30)17-9-6-15(28(32)33)11-18(17)24(26)31/h2-11,20H,12-13H2,1H3/t20-/m0/s1. The average molecular weight is 474 g/mol. The topological polar surface area (TPSA) is 136 Å². The van der Waals surface area contributed by atoms with Crippen molar-refractivity contribution in [2.45, 2.75) is 12.5 Å². The molecule has 1 atom stereocenters. The van der Waals surface area contributed by atoms with Crippen molar-refractivity contribution in [2.75, 3.05) is 13.7 Å². The van der Waals surface area contributed by atoms with Gasteiger partial charge in [0.15, 0.2) is 0 Å². The first-order valence-corrected chi connectivity index (χ1v) is 10.6. The molecule has 11 heteroatoms. The van der Waals surface area contributed by atoms with E-state index in [0.717, 1.165) is 22.6 Å². The maximum Gasteiger partial charge on any atom is 0.270 e. The molecule has 1 aromatic heterocycles.